The Morgan fingerprint density at radius 1 is 1.32 bits per heavy atom. The van der Waals surface area contributed by atoms with Gasteiger partial charge in [0.25, 0.3) is 0 Å². The van der Waals surface area contributed by atoms with Crippen LogP contribution in [0.5, 0.6) is 0 Å². The first-order valence-corrected chi connectivity index (χ1v) is 11.0. The largest absolute Gasteiger partial charge is 0.392 e. The van der Waals surface area contributed by atoms with Crippen LogP contribution in [0.15, 0.2) is 24.3 Å². The standard InChI is InChI=1S/C24H37NO3/c1-3-24(14-9-15-24)23(28)13-8-12-21-20(19(17-25)16-22(21)27)11-7-5-4-6-10-18(2)26/h5,7-8,12,19-23,27-28H,3-4,6,9-11,13-16H2,1-2H3/b7-5-,12-8+/t19-,20-,21+,22+,23?/m0/s1. The number of aliphatic hydroxyl groups is 2. The summed E-state index contributed by atoms with van der Waals surface area (Å²) in [5.41, 5.74) is 0.0931. The van der Waals surface area contributed by atoms with Crippen LogP contribution in [0.2, 0.25) is 0 Å². The number of Topliss-reactive ketones (excluding diaryl/α,β-unsaturated/α-hetero) is 1. The lowest BCUT2D eigenvalue weighted by molar-refractivity contribution is -0.117. The van der Waals surface area contributed by atoms with E-state index in [4.69, 9.17) is 0 Å². The molecule has 5 atom stereocenters. The maximum Gasteiger partial charge on any atom is 0.129 e. The van der Waals surface area contributed by atoms with Crippen LogP contribution in [-0.2, 0) is 4.79 Å². The van der Waals surface area contributed by atoms with Crippen LogP contribution >= 0.6 is 0 Å². The Bertz CT molecular complexity index is 594. The molecule has 4 heteroatoms. The van der Waals surface area contributed by atoms with Gasteiger partial charge in [0.1, 0.15) is 5.78 Å². The van der Waals surface area contributed by atoms with E-state index in [0.29, 0.717) is 19.3 Å². The molecule has 4 nitrogen and oxygen atoms in total. The van der Waals surface area contributed by atoms with Crippen molar-refractivity contribution in [2.45, 2.75) is 90.3 Å². The molecule has 2 fully saturated rings. The van der Waals surface area contributed by atoms with E-state index in [1.807, 2.05) is 12.2 Å². The van der Waals surface area contributed by atoms with Crippen LogP contribution in [0.1, 0.15) is 78.1 Å². The lowest BCUT2D eigenvalue weighted by Gasteiger charge is -2.45. The number of nitriles is 1. The smallest absolute Gasteiger partial charge is 0.129 e. The van der Waals surface area contributed by atoms with Crippen LogP contribution in [0, 0.1) is 34.5 Å². The molecule has 0 amide bonds. The van der Waals surface area contributed by atoms with Crippen LogP contribution in [0.25, 0.3) is 0 Å². The van der Waals surface area contributed by atoms with E-state index >= 15 is 0 Å². The van der Waals surface area contributed by atoms with Crippen molar-refractivity contribution in [1.29, 1.82) is 5.26 Å². The lowest BCUT2D eigenvalue weighted by Crippen LogP contribution is -2.40. The Kier molecular flexibility index (Phi) is 8.92. The second-order valence-electron chi connectivity index (χ2n) is 8.83. The first-order valence-electron chi connectivity index (χ1n) is 11.0. The van der Waals surface area contributed by atoms with Gasteiger partial charge in [0.15, 0.2) is 0 Å². The third-order valence-corrected chi connectivity index (χ3v) is 7.07. The molecule has 0 radical (unpaired) electrons. The predicted octanol–water partition coefficient (Wildman–Crippen LogP) is 4.72. The minimum absolute atomic E-state index is 0.0299. The highest BCUT2D eigenvalue weighted by atomic mass is 16.3. The fourth-order valence-corrected chi connectivity index (χ4v) is 4.89. The van der Waals surface area contributed by atoms with Crippen LogP contribution in [0.3, 0.4) is 0 Å². The molecule has 2 N–H and O–H groups in total. The third-order valence-electron chi connectivity index (χ3n) is 7.07. The van der Waals surface area contributed by atoms with Gasteiger partial charge < -0.3 is 15.0 Å². The number of allylic oxidation sites excluding steroid dienone is 2. The summed E-state index contributed by atoms with van der Waals surface area (Å²) in [4.78, 5) is 11.0. The van der Waals surface area contributed by atoms with Gasteiger partial charge in [0.05, 0.1) is 24.2 Å². The Balaban J connectivity index is 1.89. The summed E-state index contributed by atoms with van der Waals surface area (Å²) in [5, 5.41) is 30.5. The normalized spacial score (nSPS) is 30.4. The zero-order chi connectivity index (χ0) is 20.6. The molecule has 2 aliphatic rings. The van der Waals surface area contributed by atoms with Gasteiger partial charge >= 0.3 is 0 Å². The van der Waals surface area contributed by atoms with Gasteiger partial charge in [-0.25, -0.2) is 0 Å². The zero-order valence-electron chi connectivity index (χ0n) is 17.5. The van der Waals surface area contributed by atoms with E-state index in [1.54, 1.807) is 6.92 Å². The number of hydrogen-bond acceptors (Lipinski definition) is 4. The summed E-state index contributed by atoms with van der Waals surface area (Å²) in [5.74, 6) is 0.167. The number of aliphatic hydroxyl groups excluding tert-OH is 2. The molecule has 28 heavy (non-hydrogen) atoms. The van der Waals surface area contributed by atoms with Crippen LogP contribution in [0.4, 0.5) is 0 Å². The second kappa shape index (κ2) is 10.9. The maximum atomic E-state index is 11.0. The van der Waals surface area contributed by atoms with Crippen molar-refractivity contribution < 1.29 is 15.0 Å². The maximum absolute atomic E-state index is 11.0. The molecule has 0 bridgehead atoms. The molecule has 1 unspecified atom stereocenters. The minimum Gasteiger partial charge on any atom is -0.392 e. The van der Waals surface area contributed by atoms with Gasteiger partial charge in [-0.1, -0.05) is 37.6 Å². The molecule has 0 aromatic carbocycles. The quantitative estimate of drug-likeness (QED) is 0.397. The zero-order valence-corrected chi connectivity index (χ0v) is 17.5. The number of hydrogen-bond donors (Lipinski definition) is 2. The second-order valence-corrected chi connectivity index (χ2v) is 8.83. The van der Waals surface area contributed by atoms with Gasteiger partial charge in [-0.3, -0.25) is 0 Å². The fraction of sp³-hybridized carbons (Fsp3) is 0.750. The summed E-state index contributed by atoms with van der Waals surface area (Å²) >= 11 is 0. The number of ketones is 1. The third kappa shape index (κ3) is 5.78. The first-order chi connectivity index (χ1) is 13.4. The van der Waals surface area contributed by atoms with Crippen molar-refractivity contribution in [3.8, 4) is 6.07 Å². The molecule has 156 valence electrons. The average molecular weight is 388 g/mol. The van der Waals surface area contributed by atoms with Crippen molar-refractivity contribution in [1.82, 2.24) is 0 Å². The van der Waals surface area contributed by atoms with Gasteiger partial charge in [-0.15, -0.1) is 0 Å². The molecular formula is C24H37NO3. The summed E-state index contributed by atoms with van der Waals surface area (Å²) in [6.07, 6.45) is 16.2. The molecule has 0 aliphatic heterocycles. The first kappa shape index (κ1) is 22.8. The van der Waals surface area contributed by atoms with E-state index in [9.17, 15) is 20.3 Å². The van der Waals surface area contributed by atoms with Crippen molar-refractivity contribution in [2.24, 2.45) is 23.2 Å². The number of unbranched alkanes of at least 4 members (excludes halogenated alkanes) is 1. The van der Waals surface area contributed by atoms with Gasteiger partial charge in [0, 0.05) is 12.3 Å². The monoisotopic (exact) mass is 387 g/mol. The number of rotatable bonds is 11. The number of nitrogens with zero attached hydrogens (tertiary/aromatic N) is 1. The summed E-state index contributed by atoms with van der Waals surface area (Å²) in [6.45, 7) is 3.77. The predicted molar refractivity (Wildman–Crippen MR) is 111 cm³/mol. The van der Waals surface area contributed by atoms with E-state index in [0.717, 1.165) is 38.5 Å². The number of carbonyl (C=O) groups is 1. The molecule has 2 rings (SSSR count). The van der Waals surface area contributed by atoms with Gasteiger partial charge in [-0.05, 0) is 69.6 Å². The SMILES string of the molecule is CCC1(C(O)C/C=C/[C@@H]2[C@@H](C/C=C\CCCC(C)=O)[C@H](C#N)C[C@H]2O)CCC1. The van der Waals surface area contributed by atoms with Crippen LogP contribution < -0.4 is 0 Å². The Hall–Kier alpha value is -1.44. The molecule has 0 aromatic rings. The summed E-state index contributed by atoms with van der Waals surface area (Å²) in [7, 11) is 0. The molecular weight excluding hydrogens is 350 g/mol. The average Bonchev–Trinajstić information content (AvgIpc) is 2.92. The van der Waals surface area contributed by atoms with E-state index in [1.165, 1.54) is 6.42 Å². The van der Waals surface area contributed by atoms with Crippen molar-refractivity contribution in [3.05, 3.63) is 24.3 Å². The molecule has 0 aromatic heterocycles. The highest BCUT2D eigenvalue weighted by Gasteiger charge is 2.42. The fourth-order valence-electron chi connectivity index (χ4n) is 4.89. The molecule has 2 aliphatic carbocycles. The molecule has 0 saturated heterocycles. The van der Waals surface area contributed by atoms with Crippen molar-refractivity contribution in [2.75, 3.05) is 0 Å². The summed E-state index contributed by atoms with van der Waals surface area (Å²) in [6, 6.07) is 2.37. The lowest BCUT2D eigenvalue weighted by atomic mass is 9.63. The van der Waals surface area contributed by atoms with Crippen molar-refractivity contribution >= 4 is 5.78 Å². The summed E-state index contributed by atoms with van der Waals surface area (Å²) < 4.78 is 0. The Morgan fingerprint density at radius 3 is 2.64 bits per heavy atom. The molecule has 2 saturated carbocycles. The van der Waals surface area contributed by atoms with Gasteiger partial charge in [0.2, 0.25) is 0 Å². The van der Waals surface area contributed by atoms with E-state index in [-0.39, 0.29) is 35.1 Å². The highest BCUT2D eigenvalue weighted by molar-refractivity contribution is 5.75. The molecule has 0 spiro atoms. The minimum atomic E-state index is -0.488. The van der Waals surface area contributed by atoms with Crippen molar-refractivity contribution in [3.63, 3.8) is 0 Å². The molecule has 0 heterocycles. The highest BCUT2D eigenvalue weighted by Crippen LogP contribution is 2.48. The topological polar surface area (TPSA) is 81.3 Å². The Labute approximate surface area is 170 Å². The number of carbonyl (C=O) groups excluding carboxylic acids is 1. The Morgan fingerprint density at radius 2 is 2.07 bits per heavy atom. The van der Waals surface area contributed by atoms with Gasteiger partial charge in [-0.2, -0.15) is 5.26 Å². The van der Waals surface area contributed by atoms with E-state index < -0.39 is 6.10 Å². The van der Waals surface area contributed by atoms with E-state index in [2.05, 4.69) is 25.1 Å². The van der Waals surface area contributed by atoms with Crippen LogP contribution in [-0.4, -0.2) is 28.2 Å².